The van der Waals surface area contributed by atoms with Gasteiger partial charge in [0.2, 0.25) is 5.91 Å². The largest absolute Gasteiger partial charge is 0.360 e. The van der Waals surface area contributed by atoms with Gasteiger partial charge in [0.05, 0.1) is 47.1 Å². The quantitative estimate of drug-likeness (QED) is 0.101. The van der Waals surface area contributed by atoms with E-state index in [2.05, 4.69) is 31.2 Å². The summed E-state index contributed by atoms with van der Waals surface area (Å²) in [5, 5.41) is 22.5. The fourth-order valence-corrected chi connectivity index (χ4v) is 6.25. The molecule has 4 heterocycles. The molecule has 10 nitrogen and oxygen atoms in total. The van der Waals surface area contributed by atoms with Crippen LogP contribution in [0, 0.1) is 17.1 Å². The van der Waals surface area contributed by atoms with Crippen LogP contribution in [0.5, 0.6) is 0 Å². The van der Waals surface area contributed by atoms with Crippen molar-refractivity contribution in [1.82, 2.24) is 9.97 Å². The smallest absolute Gasteiger partial charge is 0.255 e. The molecule has 0 saturated carbocycles. The van der Waals surface area contributed by atoms with Crippen molar-refractivity contribution < 1.29 is 18.7 Å². The van der Waals surface area contributed by atoms with Gasteiger partial charge >= 0.3 is 0 Å². The van der Waals surface area contributed by atoms with Gasteiger partial charge < -0.3 is 26.0 Å². The van der Waals surface area contributed by atoms with Crippen molar-refractivity contribution in [1.29, 1.82) is 5.41 Å². The zero-order valence-corrected chi connectivity index (χ0v) is 28.5. The Balaban J connectivity index is 1.32. The maximum Gasteiger partial charge on any atom is 0.255 e. The summed E-state index contributed by atoms with van der Waals surface area (Å²) >= 11 is 0. The van der Waals surface area contributed by atoms with Gasteiger partial charge in [-0.25, -0.2) is 4.39 Å². The number of nitrogens with one attached hydrogen (secondary N) is 5. The third-order valence-corrected chi connectivity index (χ3v) is 8.81. The van der Waals surface area contributed by atoms with Gasteiger partial charge in [0, 0.05) is 47.2 Å². The molecule has 1 atom stereocenters. The average molecular weight is 676 g/mol. The third-order valence-electron chi connectivity index (χ3n) is 8.81. The molecule has 50 heavy (non-hydrogen) atoms. The molecule has 1 fully saturated rings. The Morgan fingerprint density at radius 3 is 2.60 bits per heavy atom. The molecular formula is C39H42FN7O3. The topological polar surface area (TPSA) is 141 Å². The Bertz CT molecular complexity index is 1950. The first-order valence-electron chi connectivity index (χ1n) is 17.1. The zero-order chi connectivity index (χ0) is 35.2. The molecule has 5 N–H and O–H groups in total. The van der Waals surface area contributed by atoms with E-state index in [0.29, 0.717) is 54.2 Å². The monoisotopic (exact) mass is 675 g/mol. The number of rotatable bonds is 11. The van der Waals surface area contributed by atoms with Gasteiger partial charge in [0.15, 0.2) is 0 Å². The van der Waals surface area contributed by atoms with Gasteiger partial charge in [-0.1, -0.05) is 32.9 Å². The second-order valence-electron chi connectivity index (χ2n) is 13.1. The number of pyridine rings is 2. The van der Waals surface area contributed by atoms with E-state index >= 15 is 0 Å². The Morgan fingerprint density at radius 1 is 1.00 bits per heavy atom. The lowest BCUT2D eigenvalue weighted by Crippen LogP contribution is -2.29. The van der Waals surface area contributed by atoms with Crippen LogP contribution < -0.4 is 21.3 Å². The van der Waals surface area contributed by atoms with E-state index in [1.807, 2.05) is 45.0 Å². The van der Waals surface area contributed by atoms with Crippen LogP contribution >= 0.6 is 0 Å². The van der Waals surface area contributed by atoms with Crippen molar-refractivity contribution in [2.45, 2.75) is 65.5 Å². The molecule has 0 radical (unpaired) electrons. The van der Waals surface area contributed by atoms with E-state index in [1.165, 1.54) is 18.2 Å². The highest BCUT2D eigenvalue weighted by atomic mass is 19.1. The molecule has 1 saturated heterocycles. The summed E-state index contributed by atoms with van der Waals surface area (Å²) in [6.07, 6.45) is 11.0. The summed E-state index contributed by atoms with van der Waals surface area (Å²) in [4.78, 5) is 34.3. The van der Waals surface area contributed by atoms with Crippen LogP contribution in [0.1, 0.15) is 74.4 Å². The van der Waals surface area contributed by atoms with Crippen molar-refractivity contribution in [2.75, 3.05) is 27.9 Å². The maximum atomic E-state index is 13.8. The number of nitrogens with zero attached hydrogens (tertiary/aromatic N) is 2. The number of amides is 2. The van der Waals surface area contributed by atoms with E-state index in [0.717, 1.165) is 47.2 Å². The normalized spacial score (nSPS) is 15.6. The molecule has 11 heteroatoms. The van der Waals surface area contributed by atoms with E-state index in [9.17, 15) is 19.4 Å². The number of ether oxygens (including phenoxy) is 1. The van der Waals surface area contributed by atoms with Crippen LogP contribution in [0.25, 0.3) is 11.1 Å². The molecule has 0 bridgehead atoms. The highest BCUT2D eigenvalue weighted by Crippen LogP contribution is 2.37. The number of halogens is 1. The van der Waals surface area contributed by atoms with Crippen LogP contribution in [-0.2, 0) is 16.0 Å². The first-order valence-corrected chi connectivity index (χ1v) is 17.1. The number of benzene rings is 2. The number of fused-ring (bicyclic) bond motifs is 1. The molecule has 2 aliphatic rings. The minimum atomic E-state index is -0.489. The van der Waals surface area contributed by atoms with Gasteiger partial charge in [-0.05, 0) is 85.6 Å². The summed E-state index contributed by atoms with van der Waals surface area (Å²) in [6, 6.07) is 13.4. The SMILES string of the molecule is CCC1=C(C(=N)c2cc(-c3cncc(NC(=O)CC(C)C)c3)ccc2NC2CCCCO2)Nc2cncc(NC(=O)c3cccc(F)c3)c2C1. The van der Waals surface area contributed by atoms with Gasteiger partial charge in [0.1, 0.15) is 12.0 Å². The van der Waals surface area contributed by atoms with Crippen molar-refractivity contribution in [2.24, 2.45) is 5.92 Å². The third kappa shape index (κ3) is 8.06. The Kier molecular flexibility index (Phi) is 10.6. The second-order valence-corrected chi connectivity index (χ2v) is 13.1. The second kappa shape index (κ2) is 15.4. The highest BCUT2D eigenvalue weighted by Gasteiger charge is 2.26. The standard InChI is InChI=1S/C39H42FN7O3/c1-4-24-17-30-33(21-43-22-34(30)47-39(49)26-8-7-9-28(40)15-26)46-38(24)37(41)31-18-25(11-12-32(31)45-36-10-5-6-13-50-36)27-16-29(20-42-19-27)44-35(48)14-23(2)3/h7-9,11-12,15-16,18-23,36,41,45-46H,4-6,10,13-14,17H2,1-3H3,(H,44,48)(H,47,49). The first-order chi connectivity index (χ1) is 24.2. The fraction of sp³-hybridized carbons (Fsp3) is 0.308. The summed E-state index contributed by atoms with van der Waals surface area (Å²) in [7, 11) is 0. The molecule has 2 aliphatic heterocycles. The molecule has 258 valence electrons. The predicted molar refractivity (Wildman–Crippen MR) is 195 cm³/mol. The summed E-state index contributed by atoms with van der Waals surface area (Å²) in [5.74, 6) is -0.757. The van der Waals surface area contributed by atoms with Gasteiger partial charge in [0.25, 0.3) is 5.91 Å². The van der Waals surface area contributed by atoms with Crippen LogP contribution in [0.4, 0.5) is 27.1 Å². The van der Waals surface area contributed by atoms with E-state index in [1.54, 1.807) is 30.9 Å². The number of carbonyl (C=O) groups excluding carboxylic acids is 2. The lowest BCUT2D eigenvalue weighted by Gasteiger charge is -2.29. The predicted octanol–water partition coefficient (Wildman–Crippen LogP) is 8.16. The Labute approximate surface area is 291 Å². The van der Waals surface area contributed by atoms with Crippen molar-refractivity contribution in [3.8, 4) is 11.1 Å². The molecule has 0 spiro atoms. The number of hydrogen-bond acceptors (Lipinski definition) is 8. The molecule has 4 aromatic rings. The average Bonchev–Trinajstić information content (AvgIpc) is 3.11. The molecule has 2 amide bonds. The van der Waals surface area contributed by atoms with E-state index < -0.39 is 11.7 Å². The zero-order valence-electron chi connectivity index (χ0n) is 28.5. The van der Waals surface area contributed by atoms with E-state index in [4.69, 9.17) is 4.74 Å². The fourth-order valence-electron chi connectivity index (χ4n) is 6.25. The van der Waals surface area contributed by atoms with Crippen LogP contribution in [0.15, 0.2) is 84.6 Å². The summed E-state index contributed by atoms with van der Waals surface area (Å²) in [6.45, 7) is 6.72. The summed E-state index contributed by atoms with van der Waals surface area (Å²) < 4.78 is 19.8. The molecule has 2 aromatic carbocycles. The van der Waals surface area contributed by atoms with Gasteiger partial charge in [-0.3, -0.25) is 25.0 Å². The molecular weight excluding hydrogens is 633 g/mol. The maximum absolute atomic E-state index is 13.8. The van der Waals surface area contributed by atoms with Crippen LogP contribution in [-0.4, -0.2) is 40.3 Å². The van der Waals surface area contributed by atoms with Gasteiger partial charge in [-0.2, -0.15) is 0 Å². The van der Waals surface area contributed by atoms with Gasteiger partial charge in [-0.15, -0.1) is 0 Å². The Hall–Kier alpha value is -5.42. The Morgan fingerprint density at radius 2 is 1.84 bits per heavy atom. The highest BCUT2D eigenvalue weighted by molar-refractivity contribution is 6.17. The van der Waals surface area contributed by atoms with E-state index in [-0.39, 0.29) is 29.3 Å². The lowest BCUT2D eigenvalue weighted by molar-refractivity contribution is -0.116. The van der Waals surface area contributed by atoms with Crippen LogP contribution in [0.2, 0.25) is 0 Å². The number of hydrogen-bond donors (Lipinski definition) is 5. The number of carbonyl (C=O) groups is 2. The minimum Gasteiger partial charge on any atom is -0.360 e. The lowest BCUT2D eigenvalue weighted by atomic mass is 9.90. The molecule has 6 rings (SSSR count). The van der Waals surface area contributed by atoms with Crippen molar-refractivity contribution in [3.63, 3.8) is 0 Å². The molecule has 0 aliphatic carbocycles. The number of aromatic nitrogens is 2. The number of anilines is 4. The number of allylic oxidation sites excluding steroid dienone is 2. The molecule has 1 unspecified atom stereocenters. The summed E-state index contributed by atoms with van der Waals surface area (Å²) in [5.41, 5.74) is 7.86. The molecule has 2 aromatic heterocycles. The minimum absolute atomic E-state index is 0.0673. The van der Waals surface area contributed by atoms with Crippen molar-refractivity contribution in [3.05, 3.63) is 107 Å². The van der Waals surface area contributed by atoms with Crippen molar-refractivity contribution >= 4 is 40.3 Å². The van der Waals surface area contributed by atoms with Crippen LogP contribution in [0.3, 0.4) is 0 Å². The first kappa shape index (κ1) is 34.4.